The molecule has 0 bridgehead atoms. The highest BCUT2D eigenvalue weighted by atomic mass is 32.1. The van der Waals surface area contributed by atoms with E-state index in [2.05, 4.69) is 15.7 Å². The summed E-state index contributed by atoms with van der Waals surface area (Å²) in [6.07, 6.45) is 1.18. The van der Waals surface area contributed by atoms with Crippen LogP contribution in [0.15, 0.2) is 5.38 Å². The maximum Gasteiger partial charge on any atom is 0.118 e. The first-order valence-corrected chi connectivity index (χ1v) is 5.04. The van der Waals surface area contributed by atoms with E-state index in [1.54, 1.807) is 11.3 Å². The number of hydrogen-bond acceptors (Lipinski definition) is 4. The Labute approximate surface area is 75.5 Å². The molecule has 2 heterocycles. The monoisotopic (exact) mass is 184 g/mol. The van der Waals surface area contributed by atoms with Crippen molar-refractivity contribution < 1.29 is 5.11 Å². The third-order valence-corrected chi connectivity index (χ3v) is 3.04. The molecule has 1 aliphatic heterocycles. The highest BCUT2D eigenvalue weighted by molar-refractivity contribution is 7.09. The van der Waals surface area contributed by atoms with Gasteiger partial charge in [0.1, 0.15) is 5.01 Å². The Kier molecular flexibility index (Phi) is 2.39. The molecule has 66 valence electrons. The van der Waals surface area contributed by atoms with Crippen LogP contribution in [0.1, 0.15) is 23.0 Å². The van der Waals surface area contributed by atoms with Gasteiger partial charge in [0.05, 0.1) is 12.3 Å². The van der Waals surface area contributed by atoms with Crippen molar-refractivity contribution in [2.75, 3.05) is 13.1 Å². The summed E-state index contributed by atoms with van der Waals surface area (Å²) in [5.41, 5.74) is 1.15. The maximum atomic E-state index is 8.83. The standard InChI is InChI=1S/C8H12N2OS/c11-4-8-10-7(5-12-8)6-1-2-9-3-6/h5-6,9,11H,1-4H2. The molecule has 2 N–H and O–H groups in total. The van der Waals surface area contributed by atoms with Crippen LogP contribution in [0.25, 0.3) is 0 Å². The third-order valence-electron chi connectivity index (χ3n) is 2.18. The summed E-state index contributed by atoms with van der Waals surface area (Å²) in [7, 11) is 0. The maximum absolute atomic E-state index is 8.83. The van der Waals surface area contributed by atoms with Crippen LogP contribution in [0.2, 0.25) is 0 Å². The summed E-state index contributed by atoms with van der Waals surface area (Å²) in [4.78, 5) is 4.34. The van der Waals surface area contributed by atoms with Gasteiger partial charge >= 0.3 is 0 Å². The average molecular weight is 184 g/mol. The summed E-state index contributed by atoms with van der Waals surface area (Å²) in [5, 5.41) is 15.0. The van der Waals surface area contributed by atoms with Crippen LogP contribution in [-0.4, -0.2) is 23.2 Å². The largest absolute Gasteiger partial charge is 0.389 e. The summed E-state index contributed by atoms with van der Waals surface area (Å²) in [6, 6.07) is 0. The molecule has 1 unspecified atom stereocenters. The number of aliphatic hydroxyl groups excluding tert-OH is 1. The number of rotatable bonds is 2. The van der Waals surface area contributed by atoms with E-state index in [9.17, 15) is 0 Å². The van der Waals surface area contributed by atoms with Crippen LogP contribution in [0.5, 0.6) is 0 Å². The highest BCUT2D eigenvalue weighted by Gasteiger charge is 2.18. The topological polar surface area (TPSA) is 45.2 Å². The Morgan fingerprint density at radius 2 is 2.67 bits per heavy atom. The van der Waals surface area contributed by atoms with Gasteiger partial charge < -0.3 is 10.4 Å². The summed E-state index contributed by atoms with van der Waals surface area (Å²) >= 11 is 1.55. The zero-order valence-electron chi connectivity index (χ0n) is 6.79. The van der Waals surface area contributed by atoms with Crippen molar-refractivity contribution in [1.29, 1.82) is 0 Å². The predicted molar refractivity (Wildman–Crippen MR) is 48.3 cm³/mol. The van der Waals surface area contributed by atoms with Gasteiger partial charge in [-0.25, -0.2) is 4.98 Å². The fourth-order valence-electron chi connectivity index (χ4n) is 1.49. The Morgan fingerprint density at radius 3 is 3.25 bits per heavy atom. The number of aromatic nitrogens is 1. The molecule has 12 heavy (non-hydrogen) atoms. The number of nitrogens with one attached hydrogen (secondary N) is 1. The Morgan fingerprint density at radius 1 is 1.75 bits per heavy atom. The van der Waals surface area contributed by atoms with Gasteiger partial charge in [0.25, 0.3) is 0 Å². The van der Waals surface area contributed by atoms with Gasteiger partial charge in [-0.05, 0) is 13.0 Å². The van der Waals surface area contributed by atoms with E-state index in [0.29, 0.717) is 5.92 Å². The van der Waals surface area contributed by atoms with Crippen LogP contribution in [0.3, 0.4) is 0 Å². The van der Waals surface area contributed by atoms with Crippen LogP contribution in [-0.2, 0) is 6.61 Å². The molecule has 2 rings (SSSR count). The van der Waals surface area contributed by atoms with E-state index < -0.39 is 0 Å². The summed E-state index contributed by atoms with van der Waals surface area (Å²) in [6.45, 7) is 2.20. The van der Waals surface area contributed by atoms with Gasteiger partial charge in [-0.1, -0.05) is 0 Å². The SMILES string of the molecule is OCc1nc(C2CCNC2)cs1. The Balaban J connectivity index is 2.11. The first-order valence-electron chi connectivity index (χ1n) is 4.16. The first-order chi connectivity index (χ1) is 5.90. The third kappa shape index (κ3) is 1.50. The number of aliphatic hydroxyl groups is 1. The molecule has 3 nitrogen and oxygen atoms in total. The zero-order valence-corrected chi connectivity index (χ0v) is 7.60. The van der Waals surface area contributed by atoms with E-state index in [-0.39, 0.29) is 6.61 Å². The van der Waals surface area contributed by atoms with E-state index in [0.717, 1.165) is 23.8 Å². The Bertz CT molecular complexity index is 255. The van der Waals surface area contributed by atoms with Gasteiger partial charge in [-0.15, -0.1) is 11.3 Å². The molecule has 0 aliphatic carbocycles. The molecule has 0 radical (unpaired) electrons. The minimum Gasteiger partial charge on any atom is -0.389 e. The normalized spacial score (nSPS) is 23.2. The first kappa shape index (κ1) is 8.16. The summed E-state index contributed by atoms with van der Waals surface area (Å²) in [5.74, 6) is 0.571. The molecule has 1 aliphatic rings. The predicted octanol–water partition coefficient (Wildman–Crippen LogP) is 0.712. The second-order valence-corrected chi connectivity index (χ2v) is 3.96. The molecule has 0 spiro atoms. The molecule has 1 fully saturated rings. The highest BCUT2D eigenvalue weighted by Crippen LogP contribution is 2.23. The molecular weight excluding hydrogens is 172 g/mol. The van der Waals surface area contributed by atoms with Crippen molar-refractivity contribution in [3.63, 3.8) is 0 Å². The van der Waals surface area contributed by atoms with Gasteiger partial charge in [-0.2, -0.15) is 0 Å². The molecule has 0 saturated carbocycles. The van der Waals surface area contributed by atoms with Gasteiger partial charge in [0.2, 0.25) is 0 Å². The lowest BCUT2D eigenvalue weighted by Gasteiger charge is -2.01. The molecule has 1 aromatic rings. The van der Waals surface area contributed by atoms with Crippen LogP contribution < -0.4 is 5.32 Å². The van der Waals surface area contributed by atoms with Gasteiger partial charge in [-0.3, -0.25) is 0 Å². The molecule has 1 saturated heterocycles. The van der Waals surface area contributed by atoms with E-state index >= 15 is 0 Å². The number of nitrogens with zero attached hydrogens (tertiary/aromatic N) is 1. The van der Waals surface area contributed by atoms with E-state index in [1.165, 1.54) is 6.42 Å². The average Bonchev–Trinajstić information content (AvgIpc) is 2.75. The molecule has 1 atom stereocenters. The summed E-state index contributed by atoms with van der Waals surface area (Å²) < 4.78 is 0. The van der Waals surface area contributed by atoms with Crippen LogP contribution in [0, 0.1) is 0 Å². The van der Waals surface area contributed by atoms with Crippen LogP contribution >= 0.6 is 11.3 Å². The smallest absolute Gasteiger partial charge is 0.118 e. The van der Waals surface area contributed by atoms with Crippen molar-refractivity contribution >= 4 is 11.3 Å². The van der Waals surface area contributed by atoms with Crippen molar-refractivity contribution in [3.8, 4) is 0 Å². The second kappa shape index (κ2) is 3.51. The van der Waals surface area contributed by atoms with Gasteiger partial charge in [0.15, 0.2) is 0 Å². The molecule has 1 aromatic heterocycles. The van der Waals surface area contributed by atoms with E-state index in [1.807, 2.05) is 0 Å². The van der Waals surface area contributed by atoms with Gasteiger partial charge in [0, 0.05) is 17.8 Å². The molecule has 0 amide bonds. The molecule has 4 heteroatoms. The fourth-order valence-corrected chi connectivity index (χ4v) is 2.23. The zero-order chi connectivity index (χ0) is 8.39. The second-order valence-electron chi connectivity index (χ2n) is 3.01. The lowest BCUT2D eigenvalue weighted by molar-refractivity contribution is 0.281. The number of thiazole rings is 1. The Hall–Kier alpha value is -0.450. The van der Waals surface area contributed by atoms with Crippen molar-refractivity contribution in [3.05, 3.63) is 16.1 Å². The molecule has 0 aromatic carbocycles. The van der Waals surface area contributed by atoms with Crippen LogP contribution in [0.4, 0.5) is 0 Å². The van der Waals surface area contributed by atoms with Crippen molar-refractivity contribution in [2.24, 2.45) is 0 Å². The van der Waals surface area contributed by atoms with Crippen molar-refractivity contribution in [1.82, 2.24) is 10.3 Å². The number of hydrogen-bond donors (Lipinski definition) is 2. The lowest BCUT2D eigenvalue weighted by Crippen LogP contribution is -2.08. The lowest BCUT2D eigenvalue weighted by atomic mass is 10.1. The molecular formula is C8H12N2OS. The minimum atomic E-state index is 0.0742. The van der Waals surface area contributed by atoms with E-state index in [4.69, 9.17) is 5.11 Å². The van der Waals surface area contributed by atoms with Crippen molar-refractivity contribution in [2.45, 2.75) is 18.9 Å². The fraction of sp³-hybridized carbons (Fsp3) is 0.625. The quantitative estimate of drug-likeness (QED) is 0.711. The minimum absolute atomic E-state index is 0.0742.